The van der Waals surface area contributed by atoms with Crippen molar-refractivity contribution in [2.75, 3.05) is 26.3 Å². The summed E-state index contributed by atoms with van der Waals surface area (Å²) in [5.41, 5.74) is 2.22. The normalized spacial score (nSPS) is 16.7. The van der Waals surface area contributed by atoms with Crippen LogP contribution < -0.4 is 0 Å². The second-order valence-electron chi connectivity index (χ2n) is 5.14. The fourth-order valence-electron chi connectivity index (χ4n) is 2.67. The van der Waals surface area contributed by atoms with Gasteiger partial charge in [0.05, 0.1) is 23.9 Å². The molecule has 0 spiro atoms. The van der Waals surface area contributed by atoms with Gasteiger partial charge in [0.1, 0.15) is 0 Å². The van der Waals surface area contributed by atoms with Gasteiger partial charge in [0.25, 0.3) is 0 Å². The van der Waals surface area contributed by atoms with E-state index < -0.39 is 0 Å². The van der Waals surface area contributed by atoms with Crippen LogP contribution in [0.25, 0.3) is 10.8 Å². The highest BCUT2D eigenvalue weighted by Crippen LogP contribution is 2.27. The summed E-state index contributed by atoms with van der Waals surface area (Å²) in [5.74, 6) is 0. The Bertz CT molecular complexity index is 609. The molecule has 3 rings (SSSR count). The Morgan fingerprint density at radius 3 is 2.85 bits per heavy atom. The molecule has 2 heterocycles. The van der Waals surface area contributed by atoms with Gasteiger partial charge in [0.15, 0.2) is 0 Å². The van der Waals surface area contributed by atoms with Crippen molar-refractivity contribution in [3.8, 4) is 0 Å². The van der Waals surface area contributed by atoms with E-state index in [9.17, 15) is 0 Å². The van der Waals surface area contributed by atoms with Crippen molar-refractivity contribution in [3.63, 3.8) is 0 Å². The first kappa shape index (κ1) is 13.8. The van der Waals surface area contributed by atoms with Crippen LogP contribution in [0.5, 0.6) is 0 Å². The monoisotopic (exact) mass is 290 g/mol. The summed E-state index contributed by atoms with van der Waals surface area (Å²) in [6, 6.07) is 8.21. The van der Waals surface area contributed by atoms with Crippen LogP contribution in [-0.4, -0.2) is 36.2 Å². The van der Waals surface area contributed by atoms with Gasteiger partial charge in [-0.1, -0.05) is 30.7 Å². The molecule has 0 bridgehead atoms. The molecular formula is C16H19ClN2O. The molecule has 0 N–H and O–H groups in total. The number of hydrogen-bond acceptors (Lipinski definition) is 3. The van der Waals surface area contributed by atoms with Gasteiger partial charge in [-0.05, 0) is 23.9 Å². The van der Waals surface area contributed by atoms with Crippen LogP contribution in [-0.2, 0) is 17.7 Å². The van der Waals surface area contributed by atoms with Gasteiger partial charge >= 0.3 is 0 Å². The maximum absolute atomic E-state index is 6.39. The Morgan fingerprint density at radius 2 is 2.10 bits per heavy atom. The molecule has 106 valence electrons. The highest BCUT2D eigenvalue weighted by molar-refractivity contribution is 6.35. The number of pyridine rings is 1. The Kier molecular flexibility index (Phi) is 4.20. The highest BCUT2D eigenvalue weighted by Gasteiger charge is 2.15. The van der Waals surface area contributed by atoms with Crippen molar-refractivity contribution < 1.29 is 4.74 Å². The Balaban J connectivity index is 2.02. The summed E-state index contributed by atoms with van der Waals surface area (Å²) in [4.78, 5) is 7.19. The van der Waals surface area contributed by atoms with Crippen molar-refractivity contribution in [2.24, 2.45) is 0 Å². The van der Waals surface area contributed by atoms with Crippen LogP contribution in [0, 0.1) is 0 Å². The number of nitrogens with zero attached hydrogens (tertiary/aromatic N) is 2. The lowest BCUT2D eigenvalue weighted by Gasteiger charge is -2.26. The zero-order chi connectivity index (χ0) is 13.9. The number of rotatable bonds is 3. The third-order valence-electron chi connectivity index (χ3n) is 3.77. The largest absolute Gasteiger partial charge is 0.379 e. The van der Waals surface area contributed by atoms with Crippen molar-refractivity contribution in [1.82, 2.24) is 9.88 Å². The summed E-state index contributed by atoms with van der Waals surface area (Å²) in [7, 11) is 0. The molecule has 1 fully saturated rings. The molecule has 1 aliphatic rings. The van der Waals surface area contributed by atoms with Crippen molar-refractivity contribution in [3.05, 3.63) is 40.7 Å². The van der Waals surface area contributed by atoms with E-state index in [1.165, 1.54) is 5.39 Å². The average molecular weight is 291 g/mol. The Hall–Kier alpha value is -1.16. The van der Waals surface area contributed by atoms with Crippen molar-refractivity contribution >= 4 is 22.4 Å². The Morgan fingerprint density at radius 1 is 1.30 bits per heavy atom. The molecule has 0 unspecified atom stereocenters. The van der Waals surface area contributed by atoms with Crippen LogP contribution in [0.15, 0.2) is 24.3 Å². The van der Waals surface area contributed by atoms with E-state index in [0.29, 0.717) is 0 Å². The summed E-state index contributed by atoms with van der Waals surface area (Å²) in [6.45, 7) is 6.51. The standard InChI is InChI=1S/C16H19ClN2O/c1-2-13-10-12-4-3-5-14(17)16(12)15(18-13)11-19-6-8-20-9-7-19/h3-5,10H,2,6-9,11H2,1H3. The maximum Gasteiger partial charge on any atom is 0.0640 e. The number of benzene rings is 1. The third-order valence-corrected chi connectivity index (χ3v) is 4.09. The van der Waals surface area contributed by atoms with Gasteiger partial charge in [-0.15, -0.1) is 0 Å². The van der Waals surface area contributed by atoms with Crippen LogP contribution in [0.4, 0.5) is 0 Å². The van der Waals surface area contributed by atoms with Crippen LogP contribution in [0.3, 0.4) is 0 Å². The summed E-state index contributed by atoms with van der Waals surface area (Å²) < 4.78 is 5.41. The lowest BCUT2D eigenvalue weighted by atomic mass is 10.1. The SMILES string of the molecule is CCc1cc2cccc(Cl)c2c(CN2CCOCC2)n1. The minimum absolute atomic E-state index is 0.793. The number of ether oxygens (including phenoxy) is 1. The third kappa shape index (κ3) is 2.80. The molecule has 2 aromatic rings. The van der Waals surface area contributed by atoms with Gasteiger partial charge in [0.2, 0.25) is 0 Å². The van der Waals surface area contributed by atoms with Crippen LogP contribution >= 0.6 is 11.6 Å². The van der Waals surface area contributed by atoms with E-state index in [2.05, 4.69) is 24.0 Å². The van der Waals surface area contributed by atoms with E-state index in [1.54, 1.807) is 0 Å². The second kappa shape index (κ2) is 6.08. The molecule has 0 atom stereocenters. The molecule has 0 aliphatic carbocycles. The molecule has 0 saturated carbocycles. The number of aromatic nitrogens is 1. The first-order valence-electron chi connectivity index (χ1n) is 7.15. The number of hydrogen-bond donors (Lipinski definition) is 0. The number of fused-ring (bicyclic) bond motifs is 1. The van der Waals surface area contributed by atoms with Gasteiger partial charge < -0.3 is 4.74 Å². The van der Waals surface area contributed by atoms with E-state index in [-0.39, 0.29) is 0 Å². The summed E-state index contributed by atoms with van der Waals surface area (Å²) in [5, 5.41) is 3.08. The first-order valence-corrected chi connectivity index (χ1v) is 7.53. The smallest absolute Gasteiger partial charge is 0.0640 e. The molecule has 0 amide bonds. The maximum atomic E-state index is 6.39. The molecule has 3 nitrogen and oxygen atoms in total. The minimum atomic E-state index is 0.793. The molecule has 1 aliphatic heterocycles. The van der Waals surface area contributed by atoms with Crippen LogP contribution in [0.2, 0.25) is 5.02 Å². The number of morpholine rings is 1. The van der Waals surface area contributed by atoms with E-state index in [1.807, 2.05) is 12.1 Å². The topological polar surface area (TPSA) is 25.4 Å². The van der Waals surface area contributed by atoms with Gasteiger partial charge in [-0.3, -0.25) is 9.88 Å². The summed E-state index contributed by atoms with van der Waals surface area (Å²) in [6.07, 6.45) is 0.943. The predicted molar refractivity (Wildman–Crippen MR) is 82.2 cm³/mol. The number of halogens is 1. The molecular weight excluding hydrogens is 272 g/mol. The molecule has 1 saturated heterocycles. The van der Waals surface area contributed by atoms with Crippen LogP contribution in [0.1, 0.15) is 18.3 Å². The Labute approximate surface area is 124 Å². The zero-order valence-electron chi connectivity index (χ0n) is 11.7. The zero-order valence-corrected chi connectivity index (χ0v) is 12.5. The predicted octanol–water partition coefficient (Wildman–Crippen LogP) is 3.28. The van der Waals surface area contributed by atoms with E-state index in [4.69, 9.17) is 21.3 Å². The van der Waals surface area contributed by atoms with Crippen molar-refractivity contribution in [1.29, 1.82) is 0 Å². The summed E-state index contributed by atoms with van der Waals surface area (Å²) >= 11 is 6.39. The molecule has 1 aromatic heterocycles. The second-order valence-corrected chi connectivity index (χ2v) is 5.55. The van der Waals surface area contributed by atoms with E-state index in [0.717, 1.165) is 61.1 Å². The number of aryl methyl sites for hydroxylation is 1. The van der Waals surface area contributed by atoms with Gasteiger partial charge in [-0.2, -0.15) is 0 Å². The molecule has 4 heteroatoms. The lowest BCUT2D eigenvalue weighted by molar-refractivity contribution is 0.0338. The molecule has 0 radical (unpaired) electrons. The van der Waals surface area contributed by atoms with Gasteiger partial charge in [0, 0.05) is 30.7 Å². The molecule has 20 heavy (non-hydrogen) atoms. The molecule has 1 aromatic carbocycles. The van der Waals surface area contributed by atoms with Gasteiger partial charge in [-0.25, -0.2) is 0 Å². The fourth-order valence-corrected chi connectivity index (χ4v) is 2.96. The minimum Gasteiger partial charge on any atom is -0.379 e. The quantitative estimate of drug-likeness (QED) is 0.867. The van der Waals surface area contributed by atoms with Crippen molar-refractivity contribution in [2.45, 2.75) is 19.9 Å². The fraction of sp³-hybridized carbons (Fsp3) is 0.438. The highest BCUT2D eigenvalue weighted by atomic mass is 35.5. The lowest BCUT2D eigenvalue weighted by Crippen LogP contribution is -2.36. The van der Waals surface area contributed by atoms with E-state index >= 15 is 0 Å². The average Bonchev–Trinajstić information content (AvgIpc) is 2.48. The first-order chi connectivity index (χ1) is 9.78.